The monoisotopic (exact) mass is 657 g/mol. The first kappa shape index (κ1) is 50.3. The molecule has 268 valence electrons. The summed E-state index contributed by atoms with van der Waals surface area (Å²) < 4.78 is 55.5. The predicted octanol–water partition coefficient (Wildman–Crippen LogP) is 13.0. The molecule has 1 aromatic rings. The normalized spacial score (nSPS) is 13.9. The third kappa shape index (κ3) is 24.7. The first-order valence-corrected chi connectivity index (χ1v) is 16.9. The van der Waals surface area contributed by atoms with E-state index in [4.69, 9.17) is 4.79 Å². The number of benzene rings is 1. The summed E-state index contributed by atoms with van der Waals surface area (Å²) in [6.07, 6.45) is 5.98. The molecule has 1 saturated heterocycles. The average molecular weight is 657 g/mol. The molecule has 3 nitrogen and oxygen atoms in total. The molecule has 0 radical (unpaired) electrons. The zero-order valence-corrected chi connectivity index (χ0v) is 32.0. The number of aliphatic imine (C=N–C) groups is 1. The lowest BCUT2D eigenvalue weighted by Gasteiger charge is -2.32. The van der Waals surface area contributed by atoms with E-state index in [0.717, 1.165) is 75.0 Å². The molecule has 7 heteroatoms. The summed E-state index contributed by atoms with van der Waals surface area (Å²) in [5.41, 5.74) is 3.85. The highest BCUT2D eigenvalue weighted by molar-refractivity contribution is 5.98. The van der Waals surface area contributed by atoms with E-state index in [1.165, 1.54) is 31.1 Å². The Balaban J connectivity index is -0.000000463. The molecular formula is C39H68F4N2O. The molecule has 0 amide bonds. The number of carbonyl (C=O) groups is 1. The van der Waals surface area contributed by atoms with Crippen LogP contribution in [0.1, 0.15) is 140 Å². The second-order valence-corrected chi connectivity index (χ2v) is 11.3. The number of halogens is 4. The fourth-order valence-corrected chi connectivity index (χ4v) is 4.46. The molecule has 1 heterocycles. The van der Waals surface area contributed by atoms with Crippen LogP contribution in [0.15, 0.2) is 59.3 Å². The van der Waals surface area contributed by atoms with Crippen LogP contribution in [0.2, 0.25) is 0 Å². The molecule has 0 unspecified atom stereocenters. The number of rotatable bonds is 9. The number of carbonyl (C=O) groups excluding carboxylic acids is 1. The van der Waals surface area contributed by atoms with Gasteiger partial charge >= 0.3 is 0 Å². The maximum Gasteiger partial charge on any atom is 0.270 e. The van der Waals surface area contributed by atoms with Crippen molar-refractivity contribution in [3.05, 3.63) is 71.0 Å². The first-order chi connectivity index (χ1) is 21.3. The number of aldehydes is 1. The Hall–Kier alpha value is -2.54. The van der Waals surface area contributed by atoms with Gasteiger partial charge in [-0.05, 0) is 96.0 Å². The van der Waals surface area contributed by atoms with Gasteiger partial charge in [0, 0.05) is 42.9 Å². The SMILES string of the molecule is C=C(C)CC(C)C.C=C(C)N=C(C)/C(C)=C/C1CCN(Cc2ccc(C(C)(F)F)cc2C(C)(F)F)CC1.CC.CC.CC.CC=O. The fourth-order valence-electron chi connectivity index (χ4n) is 4.46. The zero-order valence-electron chi connectivity index (χ0n) is 32.0. The zero-order chi connectivity index (χ0) is 37.3. The number of alkyl halides is 4. The molecule has 46 heavy (non-hydrogen) atoms. The average Bonchev–Trinajstić information content (AvgIpc) is 2.96. The van der Waals surface area contributed by atoms with Crippen LogP contribution in [0.25, 0.3) is 0 Å². The number of likely N-dealkylation sites (tertiary alicyclic amines) is 1. The third-order valence-corrected chi connectivity index (χ3v) is 6.29. The molecule has 1 fully saturated rings. The van der Waals surface area contributed by atoms with Crippen molar-refractivity contribution in [1.29, 1.82) is 0 Å². The minimum absolute atomic E-state index is 0.314. The Kier molecular flexibility index (Phi) is 30.1. The minimum atomic E-state index is -3.17. The Morgan fingerprint density at radius 1 is 0.935 bits per heavy atom. The molecule has 1 aliphatic rings. The number of allylic oxidation sites excluding steroid dienone is 4. The van der Waals surface area contributed by atoms with Gasteiger partial charge in [0.25, 0.3) is 11.8 Å². The van der Waals surface area contributed by atoms with Gasteiger partial charge < -0.3 is 4.79 Å². The molecule has 1 aliphatic heterocycles. The molecule has 0 N–H and O–H groups in total. The molecule has 0 atom stereocenters. The standard InChI is InChI=1S/C24H32F4N2.C7H14.C2H4O.3C2H6/c1-16(2)29-18(4)17(3)13-19-9-11-30(12-10-19)15-20-7-8-21(23(5,25)26)14-22(20)24(6,27)28;1-6(2)5-7(3)4;1-2-3;3*1-2/h7-8,13-14,19H,1,9-12,15H2,2-6H3;7H,1,5H2,2-4H3;2H,1H3;3*1-2H3/b17-13+,29-18?;;;;;. The maximum absolute atomic E-state index is 14.1. The van der Waals surface area contributed by atoms with E-state index in [1.807, 2.05) is 62.3 Å². The lowest BCUT2D eigenvalue weighted by molar-refractivity contribution is -0.106. The van der Waals surface area contributed by atoms with E-state index in [0.29, 0.717) is 18.0 Å². The third-order valence-electron chi connectivity index (χ3n) is 6.29. The van der Waals surface area contributed by atoms with E-state index in [2.05, 4.69) is 49.9 Å². The first-order valence-electron chi connectivity index (χ1n) is 16.9. The Bertz CT molecular complexity index is 1020. The molecule has 0 aromatic heterocycles. The quantitative estimate of drug-likeness (QED) is 0.115. The van der Waals surface area contributed by atoms with Crippen LogP contribution in [0, 0.1) is 11.8 Å². The van der Waals surface area contributed by atoms with Crippen molar-refractivity contribution < 1.29 is 22.4 Å². The van der Waals surface area contributed by atoms with Crippen molar-refractivity contribution >= 4 is 12.0 Å². The number of hydrogen-bond acceptors (Lipinski definition) is 3. The van der Waals surface area contributed by atoms with Gasteiger partial charge in [-0.3, -0.25) is 9.89 Å². The molecular weight excluding hydrogens is 588 g/mol. The maximum atomic E-state index is 14.1. The van der Waals surface area contributed by atoms with E-state index in [-0.39, 0.29) is 11.1 Å². The van der Waals surface area contributed by atoms with Crippen LogP contribution in [0.5, 0.6) is 0 Å². The van der Waals surface area contributed by atoms with E-state index in [9.17, 15) is 17.6 Å². The van der Waals surface area contributed by atoms with Crippen LogP contribution >= 0.6 is 0 Å². The minimum Gasteiger partial charge on any atom is -0.304 e. The predicted molar refractivity (Wildman–Crippen MR) is 195 cm³/mol. The molecule has 2 rings (SSSR count). The van der Waals surface area contributed by atoms with E-state index >= 15 is 0 Å². The van der Waals surface area contributed by atoms with Crippen LogP contribution in [0.4, 0.5) is 17.6 Å². The van der Waals surface area contributed by atoms with Gasteiger partial charge in [-0.15, -0.1) is 6.58 Å². The van der Waals surface area contributed by atoms with E-state index in [1.54, 1.807) is 0 Å². The lowest BCUT2D eigenvalue weighted by Crippen LogP contribution is -2.33. The molecule has 0 bridgehead atoms. The van der Waals surface area contributed by atoms with Crippen LogP contribution in [-0.2, 0) is 23.2 Å². The summed E-state index contributed by atoms with van der Waals surface area (Å²) in [4.78, 5) is 15.3. The topological polar surface area (TPSA) is 32.7 Å². The summed E-state index contributed by atoms with van der Waals surface area (Å²) in [6, 6.07) is 3.64. The van der Waals surface area contributed by atoms with Crippen molar-refractivity contribution in [2.75, 3.05) is 13.1 Å². The number of hydrogen-bond donors (Lipinski definition) is 0. The fraction of sp³-hybridized carbons (Fsp3) is 0.641. The second kappa shape index (κ2) is 27.6. The van der Waals surface area contributed by atoms with Gasteiger partial charge in [0.2, 0.25) is 0 Å². The molecule has 1 aromatic carbocycles. The highest BCUT2D eigenvalue weighted by Crippen LogP contribution is 2.36. The molecule has 0 saturated carbocycles. The van der Waals surface area contributed by atoms with Crippen LogP contribution in [0.3, 0.4) is 0 Å². The highest BCUT2D eigenvalue weighted by atomic mass is 19.3. The highest BCUT2D eigenvalue weighted by Gasteiger charge is 2.33. The summed E-state index contributed by atoms with van der Waals surface area (Å²) in [6.45, 7) is 36.7. The van der Waals surface area contributed by atoms with Gasteiger partial charge in [-0.25, -0.2) is 17.6 Å². The lowest BCUT2D eigenvalue weighted by atomic mass is 9.92. The number of piperidine rings is 1. The van der Waals surface area contributed by atoms with Gasteiger partial charge in [0.05, 0.1) is 0 Å². The van der Waals surface area contributed by atoms with Crippen molar-refractivity contribution in [2.24, 2.45) is 16.8 Å². The van der Waals surface area contributed by atoms with Gasteiger partial charge in [-0.1, -0.05) is 85.8 Å². The van der Waals surface area contributed by atoms with Gasteiger partial charge in [-0.2, -0.15) is 0 Å². The van der Waals surface area contributed by atoms with Crippen LogP contribution < -0.4 is 0 Å². The van der Waals surface area contributed by atoms with Gasteiger partial charge in [0.1, 0.15) is 6.29 Å². The summed E-state index contributed by atoms with van der Waals surface area (Å²) in [7, 11) is 0. The largest absolute Gasteiger partial charge is 0.304 e. The molecule has 0 aliphatic carbocycles. The Morgan fingerprint density at radius 2 is 1.39 bits per heavy atom. The summed E-state index contributed by atoms with van der Waals surface area (Å²) >= 11 is 0. The second-order valence-electron chi connectivity index (χ2n) is 11.3. The van der Waals surface area contributed by atoms with E-state index < -0.39 is 11.8 Å². The molecule has 0 spiro atoms. The Labute approximate surface area is 281 Å². The van der Waals surface area contributed by atoms with Crippen molar-refractivity contribution in [1.82, 2.24) is 4.90 Å². The van der Waals surface area contributed by atoms with Crippen molar-refractivity contribution in [3.63, 3.8) is 0 Å². The number of nitrogens with zero attached hydrogens (tertiary/aromatic N) is 2. The van der Waals surface area contributed by atoms with Crippen LogP contribution in [-0.4, -0.2) is 30.0 Å². The summed E-state index contributed by atoms with van der Waals surface area (Å²) in [5.74, 6) is -5.14. The van der Waals surface area contributed by atoms with Crippen molar-refractivity contribution in [3.8, 4) is 0 Å². The van der Waals surface area contributed by atoms with Crippen molar-refractivity contribution in [2.45, 2.75) is 142 Å². The summed E-state index contributed by atoms with van der Waals surface area (Å²) in [5, 5.41) is 0. The Morgan fingerprint density at radius 3 is 1.72 bits per heavy atom. The van der Waals surface area contributed by atoms with Gasteiger partial charge in [0.15, 0.2) is 0 Å². The smallest absolute Gasteiger partial charge is 0.270 e.